The molecule has 0 aliphatic carbocycles. The van der Waals surface area contributed by atoms with Crippen LogP contribution in [0.3, 0.4) is 0 Å². The highest BCUT2D eigenvalue weighted by atomic mass is 35.5. The molecule has 148 valence electrons. The van der Waals surface area contributed by atoms with E-state index in [4.69, 9.17) is 10.5 Å². The van der Waals surface area contributed by atoms with Gasteiger partial charge in [-0.15, -0.1) is 12.4 Å². The minimum atomic E-state index is 0. The normalized spacial score (nSPS) is 16.7. The summed E-state index contributed by atoms with van der Waals surface area (Å²) in [6.07, 6.45) is 3.37. The fraction of sp³-hybridized carbons (Fsp3) is 0.667. The van der Waals surface area contributed by atoms with Crippen molar-refractivity contribution < 1.29 is 9.53 Å². The van der Waals surface area contributed by atoms with Crippen LogP contribution in [-0.2, 0) is 10.2 Å². The van der Waals surface area contributed by atoms with Crippen molar-refractivity contribution in [2.24, 2.45) is 11.7 Å². The maximum Gasteiger partial charge on any atom is 0.222 e. The van der Waals surface area contributed by atoms with Crippen LogP contribution in [0.4, 0.5) is 0 Å². The molecule has 1 aromatic rings. The van der Waals surface area contributed by atoms with Crippen LogP contribution in [0.15, 0.2) is 24.3 Å². The monoisotopic (exact) mass is 382 g/mol. The predicted molar refractivity (Wildman–Crippen MR) is 110 cm³/mol. The third-order valence-corrected chi connectivity index (χ3v) is 5.16. The summed E-state index contributed by atoms with van der Waals surface area (Å²) in [7, 11) is 0. The van der Waals surface area contributed by atoms with Crippen molar-refractivity contribution in [2.45, 2.75) is 64.8 Å². The zero-order chi connectivity index (χ0) is 18.4. The lowest BCUT2D eigenvalue weighted by Gasteiger charge is -2.33. The van der Waals surface area contributed by atoms with Crippen LogP contribution in [-0.4, -0.2) is 36.5 Å². The SMILES string of the molecule is CC(N)C1CCN(C(=O)CCCOc2ccc(C(C)(C)C)cc2)CC1.Cl. The summed E-state index contributed by atoms with van der Waals surface area (Å²) < 4.78 is 5.77. The number of hydrogen-bond donors (Lipinski definition) is 1. The molecule has 26 heavy (non-hydrogen) atoms. The number of amides is 1. The van der Waals surface area contributed by atoms with Gasteiger partial charge in [0.25, 0.3) is 0 Å². The van der Waals surface area contributed by atoms with Crippen LogP contribution in [0.2, 0.25) is 0 Å². The van der Waals surface area contributed by atoms with Gasteiger partial charge in [-0.3, -0.25) is 4.79 Å². The molecule has 1 unspecified atom stereocenters. The van der Waals surface area contributed by atoms with Crippen LogP contribution < -0.4 is 10.5 Å². The van der Waals surface area contributed by atoms with Crippen molar-refractivity contribution in [3.8, 4) is 5.75 Å². The van der Waals surface area contributed by atoms with Crippen molar-refractivity contribution in [3.05, 3.63) is 29.8 Å². The van der Waals surface area contributed by atoms with Gasteiger partial charge < -0.3 is 15.4 Å². The lowest BCUT2D eigenvalue weighted by atomic mass is 9.87. The van der Waals surface area contributed by atoms with Gasteiger partial charge in [0.2, 0.25) is 5.91 Å². The molecule has 1 aromatic carbocycles. The molecule has 1 fully saturated rings. The zero-order valence-corrected chi connectivity index (χ0v) is 17.5. The lowest BCUT2D eigenvalue weighted by molar-refractivity contribution is -0.132. The number of nitrogens with two attached hydrogens (primary N) is 1. The molecular weight excluding hydrogens is 348 g/mol. The first kappa shape index (κ1) is 22.8. The van der Waals surface area contributed by atoms with Crippen molar-refractivity contribution in [1.82, 2.24) is 4.90 Å². The first-order chi connectivity index (χ1) is 11.8. The number of benzene rings is 1. The van der Waals surface area contributed by atoms with Crippen LogP contribution >= 0.6 is 12.4 Å². The van der Waals surface area contributed by atoms with E-state index in [2.05, 4.69) is 39.8 Å². The van der Waals surface area contributed by atoms with Crippen LogP contribution in [0.25, 0.3) is 0 Å². The Morgan fingerprint density at radius 2 is 1.81 bits per heavy atom. The molecule has 2 rings (SSSR count). The van der Waals surface area contributed by atoms with E-state index in [1.807, 2.05) is 17.0 Å². The standard InChI is InChI=1S/C21H34N2O2.ClH/c1-16(22)17-11-13-23(14-12-17)20(24)6-5-15-25-19-9-7-18(8-10-19)21(2,3)4;/h7-10,16-17H,5-6,11-15,22H2,1-4H3;1H. The average molecular weight is 383 g/mol. The second kappa shape index (κ2) is 10.2. The van der Waals surface area contributed by atoms with E-state index in [-0.39, 0.29) is 29.8 Å². The van der Waals surface area contributed by atoms with E-state index >= 15 is 0 Å². The Bertz CT molecular complexity index is 544. The van der Waals surface area contributed by atoms with Gasteiger partial charge in [-0.2, -0.15) is 0 Å². The number of hydrogen-bond acceptors (Lipinski definition) is 3. The lowest BCUT2D eigenvalue weighted by Crippen LogP contribution is -2.42. The Hall–Kier alpha value is -1.26. The van der Waals surface area contributed by atoms with Crippen molar-refractivity contribution in [2.75, 3.05) is 19.7 Å². The number of carbonyl (C=O) groups is 1. The number of nitrogens with zero attached hydrogens (tertiary/aromatic N) is 1. The summed E-state index contributed by atoms with van der Waals surface area (Å²) in [5.74, 6) is 1.68. The Morgan fingerprint density at radius 3 is 2.31 bits per heavy atom. The molecule has 0 radical (unpaired) electrons. The molecule has 1 aliphatic heterocycles. The number of likely N-dealkylation sites (tertiary alicyclic amines) is 1. The maximum absolute atomic E-state index is 12.3. The second-order valence-corrected chi connectivity index (χ2v) is 8.30. The Kier molecular flexibility index (Phi) is 8.91. The van der Waals surface area contributed by atoms with Crippen molar-refractivity contribution in [3.63, 3.8) is 0 Å². The van der Waals surface area contributed by atoms with Gasteiger partial charge in [0, 0.05) is 25.6 Å². The van der Waals surface area contributed by atoms with E-state index < -0.39 is 0 Å². The number of piperidine rings is 1. The van der Waals surface area contributed by atoms with Gasteiger partial charge in [-0.05, 0) is 55.2 Å². The highest BCUT2D eigenvalue weighted by Gasteiger charge is 2.24. The van der Waals surface area contributed by atoms with Gasteiger partial charge in [0.1, 0.15) is 5.75 Å². The molecule has 0 aromatic heterocycles. The van der Waals surface area contributed by atoms with Crippen LogP contribution in [0, 0.1) is 5.92 Å². The third kappa shape index (κ3) is 6.81. The number of halogens is 1. The molecule has 1 saturated heterocycles. The zero-order valence-electron chi connectivity index (χ0n) is 16.7. The van der Waals surface area contributed by atoms with Crippen molar-refractivity contribution >= 4 is 18.3 Å². The summed E-state index contributed by atoms with van der Waals surface area (Å²) >= 11 is 0. The highest BCUT2D eigenvalue weighted by Crippen LogP contribution is 2.24. The summed E-state index contributed by atoms with van der Waals surface area (Å²) in [6, 6.07) is 8.49. The van der Waals surface area contributed by atoms with Crippen molar-refractivity contribution in [1.29, 1.82) is 0 Å². The first-order valence-corrected chi connectivity index (χ1v) is 9.54. The molecule has 1 atom stereocenters. The van der Waals surface area contributed by atoms with Gasteiger partial charge in [0.05, 0.1) is 6.61 Å². The minimum Gasteiger partial charge on any atom is -0.494 e. The maximum atomic E-state index is 12.3. The largest absolute Gasteiger partial charge is 0.494 e. The Balaban J connectivity index is 0.00000338. The number of ether oxygens (including phenoxy) is 1. The summed E-state index contributed by atoms with van der Waals surface area (Å²) in [5.41, 5.74) is 7.40. The smallest absolute Gasteiger partial charge is 0.222 e. The summed E-state index contributed by atoms with van der Waals surface area (Å²) in [6.45, 7) is 10.9. The fourth-order valence-electron chi connectivity index (χ4n) is 3.30. The molecule has 2 N–H and O–H groups in total. The van der Waals surface area contributed by atoms with Gasteiger partial charge in [0.15, 0.2) is 0 Å². The fourth-order valence-corrected chi connectivity index (χ4v) is 3.30. The molecular formula is C21H35ClN2O2. The third-order valence-electron chi connectivity index (χ3n) is 5.16. The number of rotatable bonds is 6. The topological polar surface area (TPSA) is 55.6 Å². The van der Waals surface area contributed by atoms with E-state index in [9.17, 15) is 4.79 Å². The van der Waals surface area contributed by atoms with E-state index in [1.165, 1.54) is 5.56 Å². The van der Waals surface area contributed by atoms with E-state index in [1.54, 1.807) is 0 Å². The minimum absolute atomic E-state index is 0. The van der Waals surface area contributed by atoms with Crippen LogP contribution in [0.1, 0.15) is 58.9 Å². The van der Waals surface area contributed by atoms with Crippen LogP contribution in [0.5, 0.6) is 5.75 Å². The Morgan fingerprint density at radius 1 is 1.23 bits per heavy atom. The van der Waals surface area contributed by atoms with Gasteiger partial charge in [-0.1, -0.05) is 32.9 Å². The molecule has 0 spiro atoms. The number of carbonyl (C=O) groups excluding carboxylic acids is 1. The van der Waals surface area contributed by atoms with Gasteiger partial charge in [-0.25, -0.2) is 0 Å². The average Bonchev–Trinajstić information content (AvgIpc) is 2.58. The quantitative estimate of drug-likeness (QED) is 0.752. The highest BCUT2D eigenvalue weighted by molar-refractivity contribution is 5.85. The first-order valence-electron chi connectivity index (χ1n) is 9.54. The molecule has 1 amide bonds. The summed E-state index contributed by atoms with van der Waals surface area (Å²) in [4.78, 5) is 14.3. The molecule has 1 heterocycles. The second-order valence-electron chi connectivity index (χ2n) is 8.30. The molecule has 0 bridgehead atoms. The molecule has 1 aliphatic rings. The summed E-state index contributed by atoms with van der Waals surface area (Å²) in [5, 5.41) is 0. The molecule has 0 saturated carbocycles. The predicted octanol–water partition coefficient (Wildman–Crippen LogP) is 4.15. The van der Waals surface area contributed by atoms with E-state index in [0.717, 1.165) is 38.1 Å². The Labute approximate surface area is 164 Å². The van der Waals surface area contributed by atoms with Gasteiger partial charge >= 0.3 is 0 Å². The molecule has 5 heteroatoms. The van der Waals surface area contributed by atoms with E-state index in [0.29, 0.717) is 18.9 Å². The molecule has 4 nitrogen and oxygen atoms in total.